The molecule has 1 N–H and O–H groups in total. The van der Waals surface area contributed by atoms with Crippen molar-refractivity contribution < 1.29 is 9.53 Å². The first kappa shape index (κ1) is 18.2. The van der Waals surface area contributed by atoms with Gasteiger partial charge in [0.25, 0.3) is 0 Å². The van der Waals surface area contributed by atoms with Crippen LogP contribution in [0.4, 0.5) is 0 Å². The lowest BCUT2D eigenvalue weighted by Gasteiger charge is -2.40. The van der Waals surface area contributed by atoms with E-state index in [1.54, 1.807) is 0 Å². The Morgan fingerprint density at radius 1 is 1.21 bits per heavy atom. The van der Waals surface area contributed by atoms with E-state index in [9.17, 15) is 4.79 Å². The summed E-state index contributed by atoms with van der Waals surface area (Å²) >= 11 is 0. The minimum Gasteiger partial charge on any atom is -0.462 e. The van der Waals surface area contributed by atoms with Crippen LogP contribution in [0.25, 0.3) is 10.9 Å². The van der Waals surface area contributed by atoms with E-state index in [1.807, 2.05) is 0 Å². The topological polar surface area (TPSA) is 43.3 Å². The standard InChI is InChI=1S/C24H32N2O2/c1-15(2)26-14-17-12-21-20(19-9-6-10-22(26)23(17)19)11-16(13-25-21)24(27)28-18-7-4-3-5-8-18/h6,9-10,14-16,18,20-21,25H,3-5,7-8,11-13H2,1-2H3/t16?,20-,21-/m1/s1. The van der Waals surface area contributed by atoms with Gasteiger partial charge in [0, 0.05) is 41.6 Å². The lowest BCUT2D eigenvalue weighted by Crippen LogP contribution is -2.49. The van der Waals surface area contributed by atoms with Crippen LogP contribution in [0, 0.1) is 5.92 Å². The van der Waals surface area contributed by atoms with Crippen LogP contribution in [0.3, 0.4) is 0 Å². The molecule has 2 fully saturated rings. The molecule has 1 aliphatic heterocycles. The number of nitrogens with zero attached hydrogens (tertiary/aromatic N) is 1. The Morgan fingerprint density at radius 2 is 2.04 bits per heavy atom. The molecule has 2 aromatic rings. The molecule has 1 unspecified atom stereocenters. The van der Waals surface area contributed by atoms with Crippen molar-refractivity contribution >= 4 is 16.9 Å². The molecular weight excluding hydrogens is 348 g/mol. The fourth-order valence-corrected chi connectivity index (χ4v) is 5.72. The van der Waals surface area contributed by atoms with Gasteiger partial charge in [-0.25, -0.2) is 0 Å². The number of rotatable bonds is 3. The van der Waals surface area contributed by atoms with Crippen molar-refractivity contribution in [2.75, 3.05) is 6.54 Å². The van der Waals surface area contributed by atoms with Crippen LogP contribution in [0.5, 0.6) is 0 Å². The van der Waals surface area contributed by atoms with Gasteiger partial charge in [-0.05, 0) is 69.6 Å². The second-order valence-electron chi connectivity index (χ2n) is 9.35. The summed E-state index contributed by atoms with van der Waals surface area (Å²) in [5.74, 6) is 0.402. The molecule has 4 nitrogen and oxygen atoms in total. The molecule has 2 heterocycles. The van der Waals surface area contributed by atoms with Crippen molar-refractivity contribution in [2.24, 2.45) is 5.92 Å². The average Bonchev–Trinajstić information content (AvgIpc) is 3.09. The summed E-state index contributed by atoms with van der Waals surface area (Å²) in [7, 11) is 0. The van der Waals surface area contributed by atoms with Crippen molar-refractivity contribution in [1.29, 1.82) is 0 Å². The largest absolute Gasteiger partial charge is 0.462 e. The van der Waals surface area contributed by atoms with Gasteiger partial charge in [0.2, 0.25) is 0 Å². The number of hydrogen-bond acceptors (Lipinski definition) is 3. The highest BCUT2D eigenvalue weighted by molar-refractivity contribution is 5.89. The second-order valence-corrected chi connectivity index (χ2v) is 9.35. The Bertz CT molecular complexity index is 878. The van der Waals surface area contributed by atoms with Gasteiger partial charge in [-0.2, -0.15) is 0 Å². The molecular formula is C24H32N2O2. The predicted molar refractivity (Wildman–Crippen MR) is 112 cm³/mol. The third-order valence-electron chi connectivity index (χ3n) is 7.18. The smallest absolute Gasteiger partial charge is 0.310 e. The van der Waals surface area contributed by atoms with Crippen LogP contribution in [0.15, 0.2) is 24.4 Å². The number of fused-ring (bicyclic) bond motifs is 2. The molecule has 2 aliphatic carbocycles. The quantitative estimate of drug-likeness (QED) is 0.784. The Hall–Kier alpha value is -1.81. The molecule has 4 heteroatoms. The monoisotopic (exact) mass is 380 g/mol. The normalized spacial score (nSPS) is 27.8. The molecule has 1 saturated carbocycles. The van der Waals surface area contributed by atoms with Crippen LogP contribution < -0.4 is 5.32 Å². The molecule has 0 spiro atoms. The summed E-state index contributed by atoms with van der Waals surface area (Å²) in [5, 5.41) is 5.13. The first-order valence-electron chi connectivity index (χ1n) is 11.2. The summed E-state index contributed by atoms with van der Waals surface area (Å²) in [4.78, 5) is 12.9. The maximum atomic E-state index is 12.9. The third kappa shape index (κ3) is 3.06. The zero-order valence-corrected chi connectivity index (χ0v) is 17.1. The number of benzene rings is 1. The van der Waals surface area contributed by atoms with Gasteiger partial charge < -0.3 is 14.6 Å². The predicted octanol–water partition coefficient (Wildman–Crippen LogP) is 4.72. The van der Waals surface area contributed by atoms with Crippen LogP contribution in [0.1, 0.15) is 75.5 Å². The zero-order chi connectivity index (χ0) is 19.3. The SMILES string of the molecule is CC(C)n1cc2c3c(cccc31)[C@H]1CC(C(=O)OC3CCCCC3)CN[C@@H]1C2. The van der Waals surface area contributed by atoms with Crippen LogP contribution in [-0.4, -0.2) is 29.2 Å². The molecule has 1 saturated heterocycles. The summed E-state index contributed by atoms with van der Waals surface area (Å²) in [6.07, 6.45) is 10.2. The molecule has 1 aromatic heterocycles. The fourth-order valence-electron chi connectivity index (χ4n) is 5.72. The highest BCUT2D eigenvalue weighted by atomic mass is 16.5. The van der Waals surface area contributed by atoms with Crippen LogP contribution in [0.2, 0.25) is 0 Å². The number of hydrogen-bond donors (Lipinski definition) is 1. The van der Waals surface area contributed by atoms with E-state index in [0.29, 0.717) is 18.0 Å². The Labute approximate surface area is 167 Å². The number of nitrogens with one attached hydrogen (secondary N) is 1. The minimum atomic E-state index is -0.0211. The molecule has 0 amide bonds. The average molecular weight is 381 g/mol. The number of esters is 1. The van der Waals surface area contributed by atoms with Crippen LogP contribution >= 0.6 is 0 Å². The van der Waals surface area contributed by atoms with E-state index in [-0.39, 0.29) is 18.0 Å². The third-order valence-corrected chi connectivity index (χ3v) is 7.18. The Balaban J connectivity index is 1.40. The number of aromatic nitrogens is 1. The maximum absolute atomic E-state index is 12.9. The molecule has 0 bridgehead atoms. The van der Waals surface area contributed by atoms with E-state index in [4.69, 9.17) is 4.74 Å². The van der Waals surface area contributed by atoms with Crippen molar-refractivity contribution in [1.82, 2.24) is 9.88 Å². The second kappa shape index (κ2) is 7.22. The Morgan fingerprint density at radius 3 is 2.82 bits per heavy atom. The highest BCUT2D eigenvalue weighted by Gasteiger charge is 2.40. The summed E-state index contributed by atoms with van der Waals surface area (Å²) in [6, 6.07) is 7.60. The van der Waals surface area contributed by atoms with Gasteiger partial charge in [-0.1, -0.05) is 18.6 Å². The van der Waals surface area contributed by atoms with Crippen molar-refractivity contribution in [3.63, 3.8) is 0 Å². The summed E-state index contributed by atoms with van der Waals surface area (Å²) < 4.78 is 8.31. The minimum absolute atomic E-state index is 0.0211. The van der Waals surface area contributed by atoms with Crippen molar-refractivity contribution in [2.45, 2.75) is 82.9 Å². The lowest BCUT2D eigenvalue weighted by atomic mass is 9.73. The van der Waals surface area contributed by atoms with E-state index >= 15 is 0 Å². The maximum Gasteiger partial charge on any atom is 0.310 e. The lowest BCUT2D eigenvalue weighted by molar-refractivity contribution is -0.156. The van der Waals surface area contributed by atoms with Crippen molar-refractivity contribution in [3.05, 3.63) is 35.5 Å². The summed E-state index contributed by atoms with van der Waals surface area (Å²) in [6.45, 7) is 5.25. The number of carbonyl (C=O) groups is 1. The van der Waals surface area contributed by atoms with Gasteiger partial charge in [0.15, 0.2) is 0 Å². The van der Waals surface area contributed by atoms with Gasteiger partial charge in [-0.15, -0.1) is 0 Å². The number of piperidine rings is 1. The van der Waals surface area contributed by atoms with Gasteiger partial charge in [0.05, 0.1) is 5.92 Å². The number of carbonyl (C=O) groups excluding carboxylic acids is 1. The molecule has 3 atom stereocenters. The number of ether oxygens (including phenoxy) is 1. The Kier molecular flexibility index (Phi) is 4.70. The van der Waals surface area contributed by atoms with E-state index in [1.165, 1.54) is 41.3 Å². The van der Waals surface area contributed by atoms with Crippen LogP contribution in [-0.2, 0) is 16.0 Å². The van der Waals surface area contributed by atoms with E-state index in [2.05, 4.69) is 48.1 Å². The van der Waals surface area contributed by atoms with Gasteiger partial charge in [0.1, 0.15) is 6.10 Å². The fraction of sp³-hybridized carbons (Fsp3) is 0.625. The van der Waals surface area contributed by atoms with E-state index in [0.717, 1.165) is 32.2 Å². The first-order chi connectivity index (χ1) is 13.6. The zero-order valence-electron chi connectivity index (χ0n) is 17.1. The molecule has 5 rings (SSSR count). The molecule has 0 radical (unpaired) electrons. The summed E-state index contributed by atoms with van der Waals surface area (Å²) in [5.41, 5.74) is 4.22. The van der Waals surface area contributed by atoms with Crippen molar-refractivity contribution in [3.8, 4) is 0 Å². The molecule has 28 heavy (non-hydrogen) atoms. The molecule has 150 valence electrons. The highest BCUT2D eigenvalue weighted by Crippen LogP contribution is 2.43. The van der Waals surface area contributed by atoms with Gasteiger partial charge in [-0.3, -0.25) is 4.79 Å². The first-order valence-corrected chi connectivity index (χ1v) is 11.2. The molecule has 1 aromatic carbocycles. The molecule has 3 aliphatic rings. The van der Waals surface area contributed by atoms with E-state index < -0.39 is 0 Å². The van der Waals surface area contributed by atoms with Gasteiger partial charge >= 0.3 is 5.97 Å².